The molecule has 18 heavy (non-hydrogen) atoms. The van der Waals surface area contributed by atoms with Crippen LogP contribution in [0.1, 0.15) is 33.0 Å². The second-order valence-corrected chi connectivity index (χ2v) is 5.19. The summed E-state index contributed by atoms with van der Waals surface area (Å²) in [5.41, 5.74) is -0.542. The average Bonchev–Trinajstić information content (AvgIpc) is 2.68. The van der Waals surface area contributed by atoms with Gasteiger partial charge in [-0.1, -0.05) is 0 Å². The summed E-state index contributed by atoms with van der Waals surface area (Å²) in [6.45, 7) is 6.47. The van der Waals surface area contributed by atoms with Crippen LogP contribution >= 0.6 is 0 Å². The monoisotopic (exact) mass is 254 g/mol. The van der Waals surface area contributed by atoms with E-state index in [9.17, 15) is 4.79 Å². The van der Waals surface area contributed by atoms with E-state index in [4.69, 9.17) is 9.84 Å². The molecule has 0 fully saturated rings. The Balaban J connectivity index is 2.21. The smallest absolute Gasteiger partial charge is 0.417 e. The zero-order valence-electron chi connectivity index (χ0n) is 10.9. The van der Waals surface area contributed by atoms with Crippen molar-refractivity contribution >= 4 is 12.0 Å². The highest BCUT2D eigenvalue weighted by Gasteiger charge is 2.29. The molecule has 7 nitrogen and oxygen atoms in total. The van der Waals surface area contributed by atoms with Crippen LogP contribution < -0.4 is 4.90 Å². The number of aliphatic hydroxyl groups is 1. The molecule has 1 aliphatic rings. The van der Waals surface area contributed by atoms with Gasteiger partial charge in [0, 0.05) is 13.1 Å². The highest BCUT2D eigenvalue weighted by atomic mass is 16.6. The Labute approximate surface area is 105 Å². The van der Waals surface area contributed by atoms with Gasteiger partial charge in [0.05, 0.1) is 0 Å². The fourth-order valence-electron chi connectivity index (χ4n) is 1.76. The van der Waals surface area contributed by atoms with Crippen LogP contribution in [0.2, 0.25) is 0 Å². The lowest BCUT2D eigenvalue weighted by Gasteiger charge is -2.29. The summed E-state index contributed by atoms with van der Waals surface area (Å²) < 4.78 is 6.94. The van der Waals surface area contributed by atoms with Gasteiger partial charge in [-0.3, -0.25) is 0 Å². The van der Waals surface area contributed by atoms with Crippen molar-refractivity contribution in [3.05, 3.63) is 5.82 Å². The Bertz CT molecular complexity index is 450. The van der Waals surface area contributed by atoms with Gasteiger partial charge in [0.1, 0.15) is 12.2 Å². The Morgan fingerprint density at radius 2 is 2.17 bits per heavy atom. The Kier molecular flexibility index (Phi) is 3.25. The maximum Gasteiger partial charge on any atom is 0.417 e. The van der Waals surface area contributed by atoms with E-state index in [0.29, 0.717) is 24.9 Å². The van der Waals surface area contributed by atoms with Gasteiger partial charge < -0.3 is 9.84 Å². The van der Waals surface area contributed by atoms with E-state index in [0.717, 1.165) is 6.42 Å². The van der Waals surface area contributed by atoms with Crippen molar-refractivity contribution in [2.75, 3.05) is 11.4 Å². The van der Waals surface area contributed by atoms with Gasteiger partial charge in [-0.25, -0.2) is 14.4 Å². The molecule has 0 radical (unpaired) electrons. The third-order valence-corrected chi connectivity index (χ3v) is 2.44. The number of carbonyl (C=O) groups excluding carboxylic acids is 1. The third kappa shape index (κ3) is 2.61. The van der Waals surface area contributed by atoms with Crippen LogP contribution in [0.5, 0.6) is 0 Å². The predicted molar refractivity (Wildman–Crippen MR) is 64.1 cm³/mol. The number of aryl methyl sites for hydroxylation is 1. The van der Waals surface area contributed by atoms with E-state index >= 15 is 0 Å². The SMILES string of the molecule is CC(C)(C)OC(=O)N1CCCn2nc(CO)nc21. The number of carbonyl (C=O) groups is 1. The normalized spacial score (nSPS) is 15.4. The van der Waals surface area contributed by atoms with E-state index < -0.39 is 11.7 Å². The average molecular weight is 254 g/mol. The molecule has 0 unspecified atom stereocenters. The molecule has 1 aromatic heterocycles. The second-order valence-electron chi connectivity index (χ2n) is 5.19. The van der Waals surface area contributed by atoms with Gasteiger partial charge in [0.2, 0.25) is 5.95 Å². The molecule has 0 bridgehead atoms. The van der Waals surface area contributed by atoms with Crippen LogP contribution in [-0.2, 0) is 17.9 Å². The second kappa shape index (κ2) is 4.56. The summed E-state index contributed by atoms with van der Waals surface area (Å²) in [5, 5.41) is 13.1. The highest BCUT2D eigenvalue weighted by Crippen LogP contribution is 2.21. The molecule has 7 heteroatoms. The fraction of sp³-hybridized carbons (Fsp3) is 0.727. The minimum Gasteiger partial charge on any atom is -0.443 e. The van der Waals surface area contributed by atoms with Gasteiger partial charge in [-0.15, -0.1) is 0 Å². The van der Waals surface area contributed by atoms with Crippen LogP contribution in [0, 0.1) is 0 Å². The van der Waals surface area contributed by atoms with Crippen molar-refractivity contribution in [3.63, 3.8) is 0 Å². The lowest BCUT2D eigenvalue weighted by Crippen LogP contribution is -2.41. The van der Waals surface area contributed by atoms with E-state index in [1.165, 1.54) is 4.90 Å². The van der Waals surface area contributed by atoms with E-state index in [1.807, 2.05) is 20.8 Å². The molecule has 2 rings (SSSR count). The lowest BCUT2D eigenvalue weighted by atomic mass is 10.2. The number of ether oxygens (including phenoxy) is 1. The molecule has 0 aromatic carbocycles. The molecule has 1 aliphatic heterocycles. The number of anilines is 1. The van der Waals surface area contributed by atoms with E-state index in [2.05, 4.69) is 10.1 Å². The summed E-state index contributed by atoms with van der Waals surface area (Å²) >= 11 is 0. The van der Waals surface area contributed by atoms with Crippen LogP contribution in [0.15, 0.2) is 0 Å². The van der Waals surface area contributed by atoms with Gasteiger partial charge in [-0.2, -0.15) is 10.1 Å². The highest BCUT2D eigenvalue weighted by molar-refractivity contribution is 5.85. The standard InChI is InChI=1S/C11H18N4O3/c1-11(2,3)18-10(17)14-5-4-6-15-9(14)12-8(7-16)13-15/h16H,4-7H2,1-3H3. The first-order valence-corrected chi connectivity index (χ1v) is 5.96. The molecule has 1 N–H and O–H groups in total. The fourth-order valence-corrected chi connectivity index (χ4v) is 1.76. The van der Waals surface area contributed by atoms with E-state index in [1.54, 1.807) is 4.68 Å². The summed E-state index contributed by atoms with van der Waals surface area (Å²) in [6, 6.07) is 0. The first-order chi connectivity index (χ1) is 8.40. The molecule has 0 atom stereocenters. The first-order valence-electron chi connectivity index (χ1n) is 5.96. The number of nitrogens with zero attached hydrogens (tertiary/aromatic N) is 4. The maximum atomic E-state index is 12.0. The zero-order chi connectivity index (χ0) is 13.3. The number of hydrogen-bond donors (Lipinski definition) is 1. The van der Waals surface area contributed by atoms with Crippen molar-refractivity contribution in [2.24, 2.45) is 0 Å². The number of hydrogen-bond acceptors (Lipinski definition) is 5. The maximum absolute atomic E-state index is 12.0. The van der Waals surface area contributed by atoms with Crippen molar-refractivity contribution in [2.45, 2.75) is 45.9 Å². The molecular formula is C11H18N4O3. The number of aliphatic hydroxyl groups excluding tert-OH is 1. The Morgan fingerprint density at radius 3 is 2.78 bits per heavy atom. The molecule has 1 amide bonds. The van der Waals surface area contributed by atoms with Gasteiger partial charge in [0.25, 0.3) is 0 Å². The minimum atomic E-state index is -0.542. The summed E-state index contributed by atoms with van der Waals surface area (Å²) in [6.07, 6.45) is 0.362. The summed E-state index contributed by atoms with van der Waals surface area (Å²) in [4.78, 5) is 17.6. The van der Waals surface area contributed by atoms with Gasteiger partial charge in [-0.05, 0) is 27.2 Å². The number of rotatable bonds is 1. The molecule has 1 aromatic rings. The molecule has 0 aliphatic carbocycles. The zero-order valence-corrected chi connectivity index (χ0v) is 10.9. The van der Waals surface area contributed by atoms with Gasteiger partial charge in [0.15, 0.2) is 5.82 Å². The van der Waals surface area contributed by atoms with E-state index in [-0.39, 0.29) is 6.61 Å². The predicted octanol–water partition coefficient (Wildman–Crippen LogP) is 0.916. The van der Waals surface area contributed by atoms with Crippen molar-refractivity contribution < 1.29 is 14.6 Å². The van der Waals surface area contributed by atoms with Crippen molar-refractivity contribution in [1.82, 2.24) is 14.8 Å². The number of amides is 1. The first kappa shape index (κ1) is 12.8. The van der Waals surface area contributed by atoms with Crippen LogP contribution in [0.3, 0.4) is 0 Å². The van der Waals surface area contributed by atoms with Crippen molar-refractivity contribution in [3.8, 4) is 0 Å². The molecule has 100 valence electrons. The Morgan fingerprint density at radius 1 is 1.44 bits per heavy atom. The van der Waals surface area contributed by atoms with Gasteiger partial charge >= 0.3 is 6.09 Å². The lowest BCUT2D eigenvalue weighted by molar-refractivity contribution is 0.0571. The quantitative estimate of drug-likeness (QED) is 0.805. The minimum absolute atomic E-state index is 0.234. The Hall–Kier alpha value is -1.63. The third-order valence-electron chi connectivity index (χ3n) is 2.44. The topological polar surface area (TPSA) is 80.5 Å². The van der Waals surface area contributed by atoms with Crippen LogP contribution in [0.4, 0.5) is 10.7 Å². The van der Waals surface area contributed by atoms with Crippen LogP contribution in [-0.4, -0.2) is 38.1 Å². The van der Waals surface area contributed by atoms with Crippen LogP contribution in [0.25, 0.3) is 0 Å². The molecule has 0 saturated heterocycles. The number of fused-ring (bicyclic) bond motifs is 1. The molecular weight excluding hydrogens is 236 g/mol. The van der Waals surface area contributed by atoms with Crippen molar-refractivity contribution in [1.29, 1.82) is 0 Å². The molecule has 2 heterocycles. The number of aromatic nitrogens is 3. The largest absolute Gasteiger partial charge is 0.443 e. The molecule has 0 spiro atoms. The summed E-state index contributed by atoms with van der Waals surface area (Å²) in [7, 11) is 0. The molecule has 0 saturated carbocycles. The summed E-state index contributed by atoms with van der Waals surface area (Å²) in [5.74, 6) is 0.764.